The number of aliphatic hydroxyl groups is 2. The first kappa shape index (κ1) is 20.3. The standard InChI is InChI=1S/C13H16N2.C4H6O6/c1-9-4-5-12(10(2)6-9)11(3)13-7-14-8-15-13;5-1(3(7)8)2(6)4(9)10/h4-8,11H,1-3H3,(H,14,15);1-2,5-6H,(H,7,8)(H,9,10)/t11-;1-,2-/m11/s1. The lowest BCUT2D eigenvalue weighted by Gasteiger charge is -2.13. The topological polar surface area (TPSA) is 144 Å². The molecule has 0 amide bonds. The highest BCUT2D eigenvalue weighted by Gasteiger charge is 2.29. The van der Waals surface area contributed by atoms with Crippen molar-refractivity contribution in [2.45, 2.75) is 38.9 Å². The maximum Gasteiger partial charge on any atom is 0.335 e. The Morgan fingerprint density at radius 1 is 1.08 bits per heavy atom. The van der Waals surface area contributed by atoms with Crippen LogP contribution in [0.5, 0.6) is 0 Å². The molecule has 1 aromatic carbocycles. The van der Waals surface area contributed by atoms with Gasteiger partial charge in [0.2, 0.25) is 0 Å². The van der Waals surface area contributed by atoms with Gasteiger partial charge in [0.1, 0.15) is 0 Å². The van der Waals surface area contributed by atoms with Gasteiger partial charge < -0.3 is 25.4 Å². The van der Waals surface area contributed by atoms with Gasteiger partial charge in [0, 0.05) is 17.8 Å². The lowest BCUT2D eigenvalue weighted by molar-refractivity contribution is -0.165. The third kappa shape index (κ3) is 5.70. The summed E-state index contributed by atoms with van der Waals surface area (Å²) in [5.74, 6) is -3.15. The number of carbonyl (C=O) groups is 2. The highest BCUT2D eigenvalue weighted by atomic mass is 16.4. The molecule has 2 rings (SSSR count). The van der Waals surface area contributed by atoms with Crippen LogP contribution in [0.25, 0.3) is 0 Å². The molecule has 1 aromatic heterocycles. The van der Waals surface area contributed by atoms with E-state index in [-0.39, 0.29) is 0 Å². The molecule has 2 aromatic rings. The van der Waals surface area contributed by atoms with Crippen molar-refractivity contribution >= 4 is 11.9 Å². The predicted octanol–water partition coefficient (Wildman–Crippen LogP) is 1.06. The van der Waals surface area contributed by atoms with Crippen LogP contribution in [0.1, 0.15) is 35.2 Å². The van der Waals surface area contributed by atoms with Crippen LogP contribution in [0.2, 0.25) is 0 Å². The van der Waals surface area contributed by atoms with Crippen molar-refractivity contribution in [3.05, 3.63) is 53.1 Å². The van der Waals surface area contributed by atoms with Gasteiger partial charge in [-0.25, -0.2) is 14.6 Å². The number of aliphatic hydroxyl groups excluding tert-OH is 2. The van der Waals surface area contributed by atoms with Gasteiger partial charge in [-0.15, -0.1) is 0 Å². The molecule has 0 aliphatic carbocycles. The van der Waals surface area contributed by atoms with Crippen LogP contribution in [0.15, 0.2) is 30.7 Å². The first-order valence-electron chi connectivity index (χ1n) is 7.52. The zero-order chi connectivity index (χ0) is 19.1. The lowest BCUT2D eigenvalue weighted by Crippen LogP contribution is -2.39. The Hall–Kier alpha value is -2.71. The number of benzene rings is 1. The summed E-state index contributed by atoms with van der Waals surface area (Å²) in [6.45, 7) is 6.48. The van der Waals surface area contributed by atoms with Gasteiger partial charge in [-0.05, 0) is 25.0 Å². The van der Waals surface area contributed by atoms with Gasteiger partial charge in [0.05, 0.1) is 6.33 Å². The Bertz CT molecular complexity index is 696. The van der Waals surface area contributed by atoms with E-state index in [9.17, 15) is 9.59 Å². The Morgan fingerprint density at radius 2 is 1.64 bits per heavy atom. The Balaban J connectivity index is 0.000000275. The van der Waals surface area contributed by atoms with E-state index in [4.69, 9.17) is 20.4 Å². The number of hydrogen-bond donors (Lipinski definition) is 5. The molecule has 0 saturated carbocycles. The summed E-state index contributed by atoms with van der Waals surface area (Å²) in [5.41, 5.74) is 5.19. The van der Waals surface area contributed by atoms with Crippen molar-refractivity contribution in [2.24, 2.45) is 0 Å². The van der Waals surface area contributed by atoms with Gasteiger partial charge >= 0.3 is 11.9 Å². The van der Waals surface area contributed by atoms with Crippen molar-refractivity contribution in [3.8, 4) is 0 Å². The molecule has 25 heavy (non-hydrogen) atoms. The zero-order valence-corrected chi connectivity index (χ0v) is 14.2. The summed E-state index contributed by atoms with van der Waals surface area (Å²) in [4.78, 5) is 26.8. The second-order valence-corrected chi connectivity index (χ2v) is 5.65. The minimum absolute atomic E-state index is 0.382. The average Bonchev–Trinajstić information content (AvgIpc) is 3.07. The summed E-state index contributed by atoms with van der Waals surface area (Å²) >= 11 is 0. The number of carboxylic acids is 2. The average molecular weight is 350 g/mol. The fraction of sp³-hybridized carbons (Fsp3) is 0.353. The normalized spacial score (nSPS) is 14.0. The van der Waals surface area contributed by atoms with E-state index >= 15 is 0 Å². The molecule has 0 aliphatic heterocycles. The molecule has 136 valence electrons. The number of imidazole rings is 1. The second-order valence-electron chi connectivity index (χ2n) is 5.65. The lowest BCUT2D eigenvalue weighted by atomic mass is 9.93. The summed E-state index contributed by atoms with van der Waals surface area (Å²) in [7, 11) is 0. The summed E-state index contributed by atoms with van der Waals surface area (Å²) < 4.78 is 0. The molecule has 1 heterocycles. The van der Waals surface area contributed by atoms with Crippen LogP contribution in [0.3, 0.4) is 0 Å². The van der Waals surface area contributed by atoms with Crippen LogP contribution in [0, 0.1) is 13.8 Å². The summed E-state index contributed by atoms with van der Waals surface area (Å²) in [6.07, 6.45) is -0.908. The fourth-order valence-corrected chi connectivity index (χ4v) is 2.25. The maximum atomic E-state index is 9.77. The predicted molar refractivity (Wildman–Crippen MR) is 89.3 cm³/mol. The van der Waals surface area contributed by atoms with Crippen LogP contribution in [0.4, 0.5) is 0 Å². The van der Waals surface area contributed by atoms with Gasteiger partial charge in [0.25, 0.3) is 0 Å². The number of aromatic nitrogens is 2. The molecule has 3 atom stereocenters. The SMILES string of the molecule is Cc1ccc([C@@H](C)c2cnc[nH]2)c(C)c1.O=C(O)[C@H](O)[C@@H](O)C(=O)O. The molecular weight excluding hydrogens is 328 g/mol. The Kier molecular flexibility index (Phi) is 7.28. The minimum atomic E-state index is -2.27. The molecule has 0 fully saturated rings. The van der Waals surface area contributed by atoms with Crippen molar-refractivity contribution < 1.29 is 30.0 Å². The summed E-state index contributed by atoms with van der Waals surface area (Å²) in [6, 6.07) is 6.59. The molecular formula is C17H22N2O6. The molecule has 8 heteroatoms. The second kappa shape index (κ2) is 8.95. The Labute approximate surface area is 144 Å². The zero-order valence-electron chi connectivity index (χ0n) is 14.2. The first-order chi connectivity index (χ1) is 11.6. The van der Waals surface area contributed by atoms with Gasteiger partial charge in [-0.3, -0.25) is 0 Å². The van der Waals surface area contributed by atoms with E-state index in [1.54, 1.807) is 6.33 Å². The third-order valence-electron chi connectivity index (χ3n) is 3.68. The molecule has 0 aliphatic rings. The number of nitrogens with one attached hydrogen (secondary N) is 1. The number of carboxylic acid groups (broad SMARTS) is 2. The highest BCUT2D eigenvalue weighted by molar-refractivity contribution is 5.83. The molecule has 0 radical (unpaired) electrons. The van der Waals surface area contributed by atoms with Gasteiger partial charge in [-0.1, -0.05) is 30.7 Å². The fourth-order valence-electron chi connectivity index (χ4n) is 2.25. The number of H-pyrrole nitrogens is 1. The monoisotopic (exact) mass is 350 g/mol. The minimum Gasteiger partial charge on any atom is -0.479 e. The van der Waals surface area contributed by atoms with E-state index in [0.29, 0.717) is 5.92 Å². The van der Waals surface area contributed by atoms with Gasteiger partial charge in [0.15, 0.2) is 12.2 Å². The number of rotatable bonds is 5. The van der Waals surface area contributed by atoms with E-state index in [0.717, 1.165) is 0 Å². The smallest absolute Gasteiger partial charge is 0.335 e. The van der Waals surface area contributed by atoms with E-state index in [1.807, 2.05) is 6.20 Å². The van der Waals surface area contributed by atoms with Crippen LogP contribution >= 0.6 is 0 Å². The highest BCUT2D eigenvalue weighted by Crippen LogP contribution is 2.25. The van der Waals surface area contributed by atoms with Crippen LogP contribution in [-0.2, 0) is 9.59 Å². The number of hydrogen-bond acceptors (Lipinski definition) is 5. The first-order valence-corrected chi connectivity index (χ1v) is 7.52. The number of aryl methyl sites for hydroxylation is 2. The molecule has 0 saturated heterocycles. The Morgan fingerprint density at radius 3 is 2.04 bits per heavy atom. The molecule has 8 nitrogen and oxygen atoms in total. The van der Waals surface area contributed by atoms with E-state index in [1.165, 1.54) is 22.4 Å². The molecule has 0 spiro atoms. The van der Waals surface area contributed by atoms with Crippen molar-refractivity contribution in [1.82, 2.24) is 9.97 Å². The van der Waals surface area contributed by atoms with Crippen molar-refractivity contribution in [2.75, 3.05) is 0 Å². The van der Waals surface area contributed by atoms with Crippen molar-refractivity contribution in [1.29, 1.82) is 0 Å². The van der Waals surface area contributed by atoms with E-state index < -0.39 is 24.1 Å². The van der Waals surface area contributed by atoms with Crippen LogP contribution in [-0.4, -0.2) is 54.5 Å². The third-order valence-corrected chi connectivity index (χ3v) is 3.68. The van der Waals surface area contributed by atoms with Crippen molar-refractivity contribution in [3.63, 3.8) is 0 Å². The largest absolute Gasteiger partial charge is 0.479 e. The number of aromatic amines is 1. The quantitative estimate of drug-likeness (QED) is 0.542. The molecule has 0 unspecified atom stereocenters. The molecule has 0 bridgehead atoms. The van der Waals surface area contributed by atoms with Crippen LogP contribution < -0.4 is 0 Å². The maximum absolute atomic E-state index is 9.77. The van der Waals surface area contributed by atoms with E-state index in [2.05, 4.69) is 48.9 Å². The molecule has 5 N–H and O–H groups in total. The number of aliphatic carboxylic acids is 2. The summed E-state index contributed by atoms with van der Waals surface area (Å²) in [5, 5.41) is 32.5. The number of nitrogens with zero attached hydrogens (tertiary/aromatic N) is 1. The van der Waals surface area contributed by atoms with Gasteiger partial charge in [-0.2, -0.15) is 0 Å².